The van der Waals surface area contributed by atoms with Gasteiger partial charge in [-0.25, -0.2) is 4.39 Å². The van der Waals surface area contributed by atoms with Crippen LogP contribution in [0.2, 0.25) is 0 Å². The first-order valence-electron chi connectivity index (χ1n) is 11.9. The summed E-state index contributed by atoms with van der Waals surface area (Å²) in [7, 11) is 1.30. The van der Waals surface area contributed by atoms with Crippen molar-refractivity contribution in [3.05, 3.63) is 88.0 Å². The lowest BCUT2D eigenvalue weighted by Crippen LogP contribution is -2.46. The number of ether oxygens (including phenoxy) is 1. The number of piperazine rings is 1. The van der Waals surface area contributed by atoms with Crippen molar-refractivity contribution in [2.75, 3.05) is 38.2 Å². The number of phenolic OH excluding ortho intramolecular Hbond substituents is 1. The Morgan fingerprint density at radius 1 is 0.974 bits per heavy atom. The molecule has 0 bridgehead atoms. The third kappa shape index (κ3) is 4.67. The predicted molar refractivity (Wildman–Crippen MR) is 135 cm³/mol. The minimum absolute atomic E-state index is 0.0442. The fourth-order valence-corrected chi connectivity index (χ4v) is 4.83. The van der Waals surface area contributed by atoms with Crippen molar-refractivity contribution in [3.8, 4) is 22.6 Å². The molecule has 1 saturated heterocycles. The van der Waals surface area contributed by atoms with Gasteiger partial charge in [0.2, 0.25) is 11.2 Å². The zero-order valence-corrected chi connectivity index (χ0v) is 20.4. The number of hydrogen-bond donors (Lipinski definition) is 1. The van der Waals surface area contributed by atoms with Gasteiger partial charge in [-0.1, -0.05) is 30.3 Å². The van der Waals surface area contributed by atoms with E-state index in [4.69, 9.17) is 9.15 Å². The van der Waals surface area contributed by atoms with Crippen molar-refractivity contribution in [3.63, 3.8) is 0 Å². The molecule has 0 amide bonds. The summed E-state index contributed by atoms with van der Waals surface area (Å²) in [6.45, 7) is 1.91. The summed E-state index contributed by atoms with van der Waals surface area (Å²) in [5.41, 5.74) is -1.35. The van der Waals surface area contributed by atoms with Gasteiger partial charge in [-0.05, 0) is 30.3 Å². The Bertz CT molecular complexity index is 1540. The van der Waals surface area contributed by atoms with Crippen LogP contribution < -0.4 is 15.1 Å². The molecule has 198 valence electrons. The van der Waals surface area contributed by atoms with Gasteiger partial charge in [-0.2, -0.15) is 13.2 Å². The summed E-state index contributed by atoms with van der Waals surface area (Å²) in [6, 6.07) is 14.9. The molecular formula is C28H24F4N2O4. The number of methoxy groups -OCH3 is 1. The predicted octanol–water partition coefficient (Wildman–Crippen LogP) is 5.65. The Hall–Kier alpha value is -4.05. The van der Waals surface area contributed by atoms with Gasteiger partial charge >= 0.3 is 6.18 Å². The number of halogens is 4. The van der Waals surface area contributed by atoms with E-state index in [2.05, 4.69) is 0 Å². The van der Waals surface area contributed by atoms with Crippen LogP contribution in [0.5, 0.6) is 11.5 Å². The zero-order valence-electron chi connectivity index (χ0n) is 20.4. The quantitative estimate of drug-likeness (QED) is 0.338. The molecule has 1 aliphatic heterocycles. The van der Waals surface area contributed by atoms with Crippen molar-refractivity contribution in [2.45, 2.75) is 12.7 Å². The van der Waals surface area contributed by atoms with Crippen LogP contribution in [0.3, 0.4) is 0 Å². The summed E-state index contributed by atoms with van der Waals surface area (Å²) >= 11 is 0. The summed E-state index contributed by atoms with van der Waals surface area (Å²) in [6.07, 6.45) is -4.99. The van der Waals surface area contributed by atoms with E-state index in [1.807, 2.05) is 9.80 Å². The van der Waals surface area contributed by atoms with Gasteiger partial charge in [0.05, 0.1) is 29.3 Å². The van der Waals surface area contributed by atoms with Gasteiger partial charge < -0.3 is 19.2 Å². The Morgan fingerprint density at radius 3 is 2.34 bits per heavy atom. The summed E-state index contributed by atoms with van der Waals surface area (Å²) in [5.74, 6) is -1.98. The molecule has 4 aromatic rings. The van der Waals surface area contributed by atoms with Crippen molar-refractivity contribution >= 4 is 16.7 Å². The fourth-order valence-electron chi connectivity index (χ4n) is 4.83. The molecule has 1 N–H and O–H groups in total. The number of phenols is 1. The Morgan fingerprint density at radius 2 is 1.66 bits per heavy atom. The number of aromatic hydroxyl groups is 1. The molecular weight excluding hydrogens is 504 g/mol. The first kappa shape index (κ1) is 25.6. The molecule has 2 heterocycles. The second kappa shape index (κ2) is 10.0. The lowest BCUT2D eigenvalue weighted by atomic mass is 9.99. The number of para-hydroxylation sites is 2. The second-order valence-corrected chi connectivity index (χ2v) is 8.99. The lowest BCUT2D eigenvalue weighted by Gasteiger charge is -2.36. The van der Waals surface area contributed by atoms with Gasteiger partial charge in [-0.15, -0.1) is 0 Å². The van der Waals surface area contributed by atoms with E-state index in [0.717, 1.165) is 0 Å². The molecule has 0 saturated carbocycles. The normalized spacial score (nSPS) is 14.7. The first-order chi connectivity index (χ1) is 18.2. The van der Waals surface area contributed by atoms with Crippen molar-refractivity contribution in [1.82, 2.24) is 4.90 Å². The summed E-state index contributed by atoms with van der Waals surface area (Å²) in [5, 5.41) is 10.5. The van der Waals surface area contributed by atoms with Crippen LogP contribution in [-0.4, -0.2) is 43.3 Å². The third-order valence-electron chi connectivity index (χ3n) is 6.72. The third-order valence-corrected chi connectivity index (χ3v) is 6.72. The fraction of sp³-hybridized carbons (Fsp3) is 0.250. The van der Waals surface area contributed by atoms with Crippen LogP contribution >= 0.6 is 0 Å². The topological polar surface area (TPSA) is 66.2 Å². The molecule has 1 aromatic heterocycles. The van der Waals surface area contributed by atoms with Gasteiger partial charge in [0.25, 0.3) is 0 Å². The van der Waals surface area contributed by atoms with Crippen LogP contribution in [0.4, 0.5) is 23.2 Å². The summed E-state index contributed by atoms with van der Waals surface area (Å²) < 4.78 is 67.5. The second-order valence-electron chi connectivity index (χ2n) is 8.99. The van der Waals surface area contributed by atoms with Gasteiger partial charge in [0.1, 0.15) is 22.9 Å². The Balaban J connectivity index is 1.55. The molecule has 0 aliphatic carbocycles. The van der Waals surface area contributed by atoms with E-state index in [0.29, 0.717) is 31.9 Å². The first-order valence-corrected chi connectivity index (χ1v) is 11.9. The number of anilines is 1. The van der Waals surface area contributed by atoms with Crippen LogP contribution in [0.25, 0.3) is 22.1 Å². The molecule has 6 nitrogen and oxygen atoms in total. The summed E-state index contributed by atoms with van der Waals surface area (Å²) in [4.78, 5) is 17.3. The molecule has 0 spiro atoms. The molecule has 10 heteroatoms. The van der Waals surface area contributed by atoms with Crippen LogP contribution in [0, 0.1) is 5.82 Å². The highest BCUT2D eigenvalue weighted by Crippen LogP contribution is 2.41. The standard InChI is InChI=1S/C28H24F4N2O4/c1-37-23-9-5-2-6-17(23)24-25(36)18-10-11-22(35)19(26(18)38-27(24)28(30,31)32)16-33-12-14-34(15-13-33)21-8-4-3-7-20(21)29/h2-11,35H,12-16H2,1H3. The largest absolute Gasteiger partial charge is 0.507 e. The molecule has 3 aromatic carbocycles. The highest BCUT2D eigenvalue weighted by molar-refractivity contribution is 5.88. The smallest absolute Gasteiger partial charge is 0.450 e. The maximum atomic E-state index is 14.2. The van der Waals surface area contributed by atoms with E-state index in [9.17, 15) is 27.5 Å². The number of nitrogens with zero attached hydrogens (tertiary/aromatic N) is 2. The number of rotatable bonds is 5. The van der Waals surface area contributed by atoms with E-state index in [-0.39, 0.29) is 46.0 Å². The average molecular weight is 529 g/mol. The van der Waals surface area contributed by atoms with Crippen molar-refractivity contribution < 1.29 is 31.8 Å². The average Bonchev–Trinajstić information content (AvgIpc) is 2.90. The monoisotopic (exact) mass is 528 g/mol. The van der Waals surface area contributed by atoms with E-state index in [1.165, 1.54) is 43.5 Å². The molecule has 0 atom stereocenters. The molecule has 38 heavy (non-hydrogen) atoms. The van der Waals surface area contributed by atoms with Gasteiger partial charge in [0, 0.05) is 38.3 Å². The number of hydrogen-bond acceptors (Lipinski definition) is 6. The Kier molecular flexibility index (Phi) is 6.75. The van der Waals surface area contributed by atoms with Crippen LogP contribution in [0.1, 0.15) is 11.3 Å². The SMILES string of the molecule is COc1ccccc1-c1c(C(F)(F)F)oc2c(CN3CCN(c4ccccc4F)CC3)c(O)ccc2c1=O. The number of fused-ring (bicyclic) bond motifs is 1. The minimum atomic E-state index is -4.99. The molecule has 1 aliphatic rings. The number of alkyl halides is 3. The maximum Gasteiger partial charge on any atom is 0.450 e. The zero-order chi connectivity index (χ0) is 27.0. The van der Waals surface area contributed by atoms with Crippen LogP contribution in [-0.2, 0) is 12.7 Å². The molecule has 0 unspecified atom stereocenters. The Labute approximate surface area is 215 Å². The molecule has 1 fully saturated rings. The van der Waals surface area contributed by atoms with E-state index >= 15 is 0 Å². The maximum absolute atomic E-state index is 14.2. The highest BCUT2D eigenvalue weighted by atomic mass is 19.4. The highest BCUT2D eigenvalue weighted by Gasteiger charge is 2.40. The molecule has 0 radical (unpaired) electrons. The van der Waals surface area contributed by atoms with E-state index in [1.54, 1.807) is 24.3 Å². The minimum Gasteiger partial charge on any atom is -0.507 e. The number of benzene rings is 3. The van der Waals surface area contributed by atoms with Crippen molar-refractivity contribution in [2.24, 2.45) is 0 Å². The van der Waals surface area contributed by atoms with Crippen LogP contribution in [0.15, 0.2) is 69.9 Å². The lowest BCUT2D eigenvalue weighted by molar-refractivity contribution is -0.152. The molecule has 5 rings (SSSR count). The van der Waals surface area contributed by atoms with Gasteiger partial charge in [-0.3, -0.25) is 9.69 Å². The van der Waals surface area contributed by atoms with Gasteiger partial charge in [0.15, 0.2) is 0 Å². The van der Waals surface area contributed by atoms with Crippen molar-refractivity contribution in [1.29, 1.82) is 0 Å². The van der Waals surface area contributed by atoms with E-state index < -0.39 is 22.9 Å².